The second-order valence-corrected chi connectivity index (χ2v) is 12.1. The van der Waals surface area contributed by atoms with Gasteiger partial charge in [0.25, 0.3) is 0 Å². The molecule has 1 unspecified atom stereocenters. The number of carbonyl (C=O) groups is 1. The number of ether oxygens (including phenoxy) is 2. The van der Waals surface area contributed by atoms with Crippen molar-refractivity contribution in [1.82, 2.24) is 29.2 Å². The fourth-order valence-corrected chi connectivity index (χ4v) is 4.72. The maximum atomic E-state index is 12.2. The monoisotopic (exact) mass is 786 g/mol. The highest BCUT2D eigenvalue weighted by Crippen LogP contribution is 2.36. The molecular weight excluding hydrogens is 741 g/mol. The number of aromatic nitrogens is 5. The number of pyridine rings is 1. The Hall–Kier alpha value is -1.47. The fraction of sp³-hybridized carbons (Fsp3) is 0.556. The number of amides is 1. The van der Waals surface area contributed by atoms with E-state index in [1.54, 1.807) is 17.8 Å². The molecule has 12 heteroatoms. The number of fused-ring (bicyclic) bond motifs is 1. The van der Waals surface area contributed by atoms with E-state index >= 15 is 0 Å². The van der Waals surface area contributed by atoms with Crippen LogP contribution in [0.5, 0.6) is 5.88 Å². The molecule has 3 rings (SSSR count). The van der Waals surface area contributed by atoms with Gasteiger partial charge in [0.2, 0.25) is 5.88 Å². The molecule has 0 aliphatic carbocycles. The normalized spacial score (nSPS) is 10.6. The Morgan fingerprint density at radius 3 is 2.33 bits per heavy atom. The van der Waals surface area contributed by atoms with Gasteiger partial charge in [-0.05, 0) is 66.3 Å². The Morgan fingerprint density at radius 1 is 1.23 bits per heavy atom. The van der Waals surface area contributed by atoms with E-state index in [4.69, 9.17) is 9.47 Å². The van der Waals surface area contributed by atoms with E-state index in [1.165, 1.54) is 9.33 Å². The molecule has 0 aliphatic rings. The van der Waals surface area contributed by atoms with Crippen molar-refractivity contribution < 1.29 is 14.3 Å². The number of nitrogens with zero attached hydrogens (tertiary/aromatic N) is 6. The van der Waals surface area contributed by atoms with Crippen LogP contribution in [0.1, 0.15) is 66.8 Å². The molecular formula is C27H45I2N6O3P. The SMILES string of the molecule is C=Cc1nn(PI)c2cnc(-c3c(C)nn(C)c3OCCN(C)C(=O)OC(C)(C)C)cc12.CC.CC.CCI. The topological polar surface area (TPSA) is 87.3 Å². The standard InChI is InChI=1S/C21H28IN6O3P.C2H5I.2C2H6/c1-8-15-14-11-16(23-12-17(14)28(25-15)32-22)18-13(2)24-27(7)19(18)30-10-9-26(6)20(29)31-21(3,4)5;1-2-3;2*1-2/h8,11-12,32H,1,9-10H2,2-7H3;2H2,1H3;2*1-2H3. The molecule has 0 saturated carbocycles. The summed E-state index contributed by atoms with van der Waals surface area (Å²) in [5.41, 5.74) is 3.60. The number of carbonyl (C=O) groups excluding carboxylic acids is 1. The summed E-state index contributed by atoms with van der Waals surface area (Å²) in [6.45, 7) is 22.1. The smallest absolute Gasteiger partial charge is 0.410 e. The first-order valence-corrected chi connectivity index (χ1v) is 18.6. The van der Waals surface area contributed by atoms with Crippen LogP contribution in [0.4, 0.5) is 4.79 Å². The maximum Gasteiger partial charge on any atom is 0.410 e. The second kappa shape index (κ2) is 18.8. The first kappa shape index (κ1) is 37.5. The molecule has 0 radical (unpaired) electrons. The highest BCUT2D eigenvalue weighted by Gasteiger charge is 2.22. The number of aryl methyl sites for hydroxylation is 2. The van der Waals surface area contributed by atoms with Crippen LogP contribution >= 0.6 is 51.0 Å². The molecule has 1 amide bonds. The zero-order chi connectivity index (χ0) is 30.3. The van der Waals surface area contributed by atoms with Crippen LogP contribution in [0.2, 0.25) is 0 Å². The van der Waals surface area contributed by atoms with Gasteiger partial charge in [-0.3, -0.25) is 4.98 Å². The van der Waals surface area contributed by atoms with E-state index in [9.17, 15) is 4.79 Å². The van der Waals surface area contributed by atoms with Crippen LogP contribution in [-0.2, 0) is 11.8 Å². The number of hydrogen-bond donors (Lipinski definition) is 0. The Kier molecular flexibility index (Phi) is 18.1. The molecule has 9 nitrogen and oxygen atoms in total. The van der Waals surface area contributed by atoms with Crippen molar-refractivity contribution in [3.8, 4) is 17.1 Å². The van der Waals surface area contributed by atoms with Crippen molar-refractivity contribution in [3.05, 3.63) is 30.2 Å². The van der Waals surface area contributed by atoms with E-state index in [-0.39, 0.29) is 12.7 Å². The average molecular weight is 786 g/mol. The van der Waals surface area contributed by atoms with E-state index in [0.29, 0.717) is 18.8 Å². The van der Waals surface area contributed by atoms with Crippen molar-refractivity contribution in [2.45, 2.75) is 67.9 Å². The van der Waals surface area contributed by atoms with Gasteiger partial charge < -0.3 is 14.4 Å². The lowest BCUT2D eigenvalue weighted by Crippen LogP contribution is -2.36. The molecule has 0 bridgehead atoms. The number of rotatable bonds is 7. The van der Waals surface area contributed by atoms with E-state index in [0.717, 1.165) is 33.5 Å². The van der Waals surface area contributed by atoms with Crippen LogP contribution in [0.15, 0.2) is 18.8 Å². The van der Waals surface area contributed by atoms with Crippen molar-refractivity contribution in [2.75, 3.05) is 24.6 Å². The quantitative estimate of drug-likeness (QED) is 0.136. The van der Waals surface area contributed by atoms with Gasteiger partial charge in [0.05, 0.1) is 47.3 Å². The Morgan fingerprint density at radius 2 is 1.82 bits per heavy atom. The second-order valence-electron chi connectivity index (χ2n) is 8.58. The van der Waals surface area contributed by atoms with Gasteiger partial charge in [0, 0.05) is 19.5 Å². The van der Waals surface area contributed by atoms with Gasteiger partial charge >= 0.3 is 6.09 Å². The first-order chi connectivity index (χ1) is 18.5. The third kappa shape index (κ3) is 11.1. The predicted molar refractivity (Wildman–Crippen MR) is 184 cm³/mol. The molecule has 0 aliphatic heterocycles. The summed E-state index contributed by atoms with van der Waals surface area (Å²) in [7, 11) is 3.51. The Bertz CT molecular complexity index is 1170. The molecule has 0 saturated heterocycles. The van der Waals surface area contributed by atoms with Gasteiger partial charge in [-0.2, -0.15) is 10.2 Å². The zero-order valence-electron chi connectivity index (χ0n) is 25.2. The summed E-state index contributed by atoms with van der Waals surface area (Å²) in [6, 6.07) is 2.00. The molecule has 0 aromatic carbocycles. The molecule has 0 spiro atoms. The van der Waals surface area contributed by atoms with Crippen LogP contribution < -0.4 is 4.74 Å². The lowest BCUT2D eigenvalue weighted by atomic mass is 10.1. The molecule has 0 N–H and O–H groups in total. The minimum Gasteiger partial charge on any atom is -0.475 e. The average Bonchev–Trinajstić information content (AvgIpc) is 3.40. The molecule has 1 atom stereocenters. The van der Waals surface area contributed by atoms with Gasteiger partial charge in [-0.1, -0.05) is 63.8 Å². The third-order valence-electron chi connectivity index (χ3n) is 4.66. The zero-order valence-corrected chi connectivity index (χ0v) is 30.5. The number of hydrogen-bond acceptors (Lipinski definition) is 6. The molecule has 0 fully saturated rings. The summed E-state index contributed by atoms with van der Waals surface area (Å²) in [4.78, 5) is 18.3. The van der Waals surface area contributed by atoms with Crippen molar-refractivity contribution in [2.24, 2.45) is 7.05 Å². The number of alkyl halides is 1. The summed E-state index contributed by atoms with van der Waals surface area (Å²) in [6.07, 6.45) is 3.65. The fourth-order valence-electron chi connectivity index (χ4n) is 3.20. The van der Waals surface area contributed by atoms with Crippen LogP contribution in [0.3, 0.4) is 0 Å². The summed E-state index contributed by atoms with van der Waals surface area (Å²) in [5, 5.41) is 10.1. The van der Waals surface area contributed by atoms with Crippen molar-refractivity contribution in [1.29, 1.82) is 0 Å². The summed E-state index contributed by atoms with van der Waals surface area (Å²) in [5.74, 6) is 0.593. The van der Waals surface area contributed by atoms with Crippen LogP contribution in [0, 0.1) is 6.92 Å². The largest absolute Gasteiger partial charge is 0.475 e. The highest BCUT2D eigenvalue weighted by atomic mass is 127. The Labute approximate surface area is 262 Å². The van der Waals surface area contributed by atoms with E-state index < -0.39 is 5.60 Å². The summed E-state index contributed by atoms with van der Waals surface area (Å²) >= 11 is 4.58. The summed E-state index contributed by atoms with van der Waals surface area (Å²) < 4.78 is 16.3. The van der Waals surface area contributed by atoms with Gasteiger partial charge in [-0.15, -0.1) is 0 Å². The van der Waals surface area contributed by atoms with Gasteiger partial charge in [-0.25, -0.2) is 13.9 Å². The van der Waals surface area contributed by atoms with Gasteiger partial charge in [0.15, 0.2) is 0 Å². The minimum atomic E-state index is -0.543. The van der Waals surface area contributed by atoms with Crippen LogP contribution in [-0.4, -0.2) is 65.5 Å². The lowest BCUT2D eigenvalue weighted by molar-refractivity contribution is 0.0276. The highest BCUT2D eigenvalue weighted by molar-refractivity contribution is 14.2. The van der Waals surface area contributed by atoms with Gasteiger partial charge in [0.1, 0.15) is 12.2 Å². The number of halogens is 2. The molecule has 3 aromatic rings. The van der Waals surface area contributed by atoms with Crippen molar-refractivity contribution in [3.63, 3.8) is 0 Å². The molecule has 220 valence electrons. The van der Waals surface area contributed by atoms with E-state index in [1.807, 2.05) is 79.2 Å². The number of likely N-dealkylation sites (N-methyl/N-ethyl adjacent to an activating group) is 1. The Balaban J connectivity index is 0.00000189. The predicted octanol–water partition coefficient (Wildman–Crippen LogP) is 8.31. The maximum absolute atomic E-state index is 12.2. The van der Waals surface area contributed by atoms with Crippen molar-refractivity contribution >= 4 is 74.1 Å². The first-order valence-electron chi connectivity index (χ1n) is 13.0. The van der Waals surface area contributed by atoms with E-state index in [2.05, 4.69) is 73.3 Å². The van der Waals surface area contributed by atoms with Crippen LogP contribution in [0.25, 0.3) is 28.2 Å². The molecule has 3 heterocycles. The molecule has 39 heavy (non-hydrogen) atoms. The molecule has 3 aromatic heterocycles. The third-order valence-corrected chi connectivity index (χ3v) is 6.54. The lowest BCUT2D eigenvalue weighted by Gasteiger charge is -2.24. The minimum absolute atomic E-state index is 0.287.